The van der Waals surface area contributed by atoms with Gasteiger partial charge in [-0.05, 0) is 19.1 Å². The highest BCUT2D eigenvalue weighted by molar-refractivity contribution is 7.15. The lowest BCUT2D eigenvalue weighted by molar-refractivity contribution is 0.348. The first-order valence-electron chi connectivity index (χ1n) is 8.82. The lowest BCUT2D eigenvalue weighted by Gasteiger charge is -2.11. The second-order valence-electron chi connectivity index (χ2n) is 6.36. The molecule has 0 radical (unpaired) electrons. The predicted octanol–water partition coefficient (Wildman–Crippen LogP) is 2.70. The molecule has 0 aliphatic carbocycles. The first-order valence-corrected chi connectivity index (χ1v) is 9.64. The van der Waals surface area contributed by atoms with Crippen LogP contribution in [0.15, 0.2) is 41.2 Å². The summed E-state index contributed by atoms with van der Waals surface area (Å²) in [4.78, 5) is 17.9. The molecule has 0 fully saturated rings. The molecule has 2 heterocycles. The Morgan fingerprint density at radius 3 is 2.24 bits per heavy atom. The number of aryl methyl sites for hydroxylation is 1. The maximum Gasteiger partial charge on any atom is 0.291 e. The molecule has 0 unspecified atom stereocenters. The number of thiazole rings is 1. The molecule has 0 aliphatic rings. The Labute approximate surface area is 170 Å². The van der Waals surface area contributed by atoms with Gasteiger partial charge in [0.15, 0.2) is 17.3 Å². The molecule has 2 aromatic carbocycles. The van der Waals surface area contributed by atoms with E-state index in [1.54, 1.807) is 39.5 Å². The van der Waals surface area contributed by atoms with Crippen LogP contribution >= 0.6 is 11.3 Å². The number of aromatic nitrogens is 3. The van der Waals surface area contributed by atoms with E-state index in [9.17, 15) is 4.79 Å². The van der Waals surface area contributed by atoms with Gasteiger partial charge in [-0.2, -0.15) is 9.50 Å². The molecule has 0 saturated heterocycles. The molecule has 0 N–H and O–H groups in total. The second-order valence-corrected chi connectivity index (χ2v) is 7.37. The van der Waals surface area contributed by atoms with Gasteiger partial charge in [0.05, 0.1) is 25.9 Å². The topological polar surface area (TPSA) is 74.9 Å². The number of fused-ring (bicyclic) bond motifs is 1. The number of ether oxygens (including phenoxy) is 3. The normalized spacial score (nSPS) is 11.8. The van der Waals surface area contributed by atoms with Crippen molar-refractivity contribution in [3.05, 3.63) is 62.4 Å². The van der Waals surface area contributed by atoms with Gasteiger partial charge in [0, 0.05) is 17.2 Å². The minimum absolute atomic E-state index is 0.229. The molecule has 0 bridgehead atoms. The van der Waals surface area contributed by atoms with E-state index in [1.807, 2.05) is 31.2 Å². The van der Waals surface area contributed by atoms with Gasteiger partial charge in [0.2, 0.25) is 4.96 Å². The molecular formula is C21H19N3O4S. The highest BCUT2D eigenvalue weighted by Crippen LogP contribution is 2.34. The van der Waals surface area contributed by atoms with E-state index in [4.69, 9.17) is 14.2 Å². The van der Waals surface area contributed by atoms with Crippen molar-refractivity contribution in [1.29, 1.82) is 0 Å². The number of benzene rings is 2. The largest absolute Gasteiger partial charge is 0.496 e. The summed E-state index contributed by atoms with van der Waals surface area (Å²) in [6.45, 7) is 2.02. The lowest BCUT2D eigenvalue weighted by Crippen LogP contribution is -2.23. The average Bonchev–Trinajstić information content (AvgIpc) is 3.27. The lowest BCUT2D eigenvalue weighted by atomic mass is 10.1. The van der Waals surface area contributed by atoms with Gasteiger partial charge in [-0.25, -0.2) is 0 Å². The summed E-state index contributed by atoms with van der Waals surface area (Å²) in [6, 6.07) is 11.4. The SMILES string of the molecule is COc1cc(OC)c(OC)cc1/C=c1\sc2nc(-c3ccc(C)cc3)nn2c1=O. The highest BCUT2D eigenvalue weighted by atomic mass is 32.1. The fourth-order valence-corrected chi connectivity index (χ4v) is 3.86. The number of hydrogen-bond donors (Lipinski definition) is 0. The Balaban J connectivity index is 1.82. The van der Waals surface area contributed by atoms with Crippen LogP contribution in [0.5, 0.6) is 17.2 Å². The average molecular weight is 409 g/mol. The van der Waals surface area contributed by atoms with Crippen molar-refractivity contribution in [2.45, 2.75) is 6.92 Å². The smallest absolute Gasteiger partial charge is 0.291 e. The molecular weight excluding hydrogens is 390 g/mol. The van der Waals surface area contributed by atoms with Crippen LogP contribution in [-0.2, 0) is 0 Å². The summed E-state index contributed by atoms with van der Waals surface area (Å²) < 4.78 is 17.9. The van der Waals surface area contributed by atoms with Gasteiger partial charge >= 0.3 is 0 Å². The fourth-order valence-electron chi connectivity index (χ4n) is 2.97. The molecule has 8 heteroatoms. The van der Waals surface area contributed by atoms with Crippen molar-refractivity contribution < 1.29 is 14.2 Å². The molecule has 0 atom stereocenters. The van der Waals surface area contributed by atoms with E-state index in [2.05, 4.69) is 10.1 Å². The van der Waals surface area contributed by atoms with Crippen molar-refractivity contribution in [2.24, 2.45) is 0 Å². The number of nitrogens with zero attached hydrogens (tertiary/aromatic N) is 3. The van der Waals surface area contributed by atoms with Crippen molar-refractivity contribution in [2.75, 3.05) is 21.3 Å². The first-order chi connectivity index (χ1) is 14.0. The van der Waals surface area contributed by atoms with Gasteiger partial charge < -0.3 is 14.2 Å². The Morgan fingerprint density at radius 1 is 0.966 bits per heavy atom. The third-order valence-corrected chi connectivity index (χ3v) is 5.47. The standard InChI is InChI=1S/C21H19N3O4S/c1-12-5-7-13(8-6-12)19-22-21-24(23-19)20(25)18(29-21)10-14-9-16(27-3)17(28-4)11-15(14)26-2/h5-11H,1-4H3/b18-10-. The summed E-state index contributed by atoms with van der Waals surface area (Å²) in [5, 5.41) is 4.39. The van der Waals surface area contributed by atoms with Crippen LogP contribution in [0.25, 0.3) is 22.4 Å². The zero-order valence-electron chi connectivity index (χ0n) is 16.4. The van der Waals surface area contributed by atoms with E-state index < -0.39 is 0 Å². The van der Waals surface area contributed by atoms with E-state index in [0.717, 1.165) is 11.1 Å². The van der Waals surface area contributed by atoms with Crippen LogP contribution in [0, 0.1) is 6.92 Å². The summed E-state index contributed by atoms with van der Waals surface area (Å²) in [5.41, 5.74) is 2.50. The highest BCUT2D eigenvalue weighted by Gasteiger charge is 2.14. The van der Waals surface area contributed by atoms with Gasteiger partial charge in [-0.3, -0.25) is 4.79 Å². The van der Waals surface area contributed by atoms with Crippen molar-refractivity contribution >= 4 is 22.4 Å². The molecule has 0 spiro atoms. The van der Waals surface area contributed by atoms with Gasteiger partial charge in [-0.15, -0.1) is 5.10 Å². The quantitative estimate of drug-likeness (QED) is 0.505. The van der Waals surface area contributed by atoms with Crippen LogP contribution in [-0.4, -0.2) is 35.9 Å². The van der Waals surface area contributed by atoms with Gasteiger partial charge in [0.1, 0.15) is 5.75 Å². The third-order valence-electron chi connectivity index (χ3n) is 4.51. The summed E-state index contributed by atoms with van der Waals surface area (Å²) in [5.74, 6) is 2.20. The molecule has 0 amide bonds. The zero-order valence-corrected chi connectivity index (χ0v) is 17.2. The Bertz CT molecular complexity index is 1290. The monoisotopic (exact) mass is 409 g/mol. The summed E-state index contributed by atoms with van der Waals surface area (Å²) >= 11 is 1.27. The number of hydrogen-bond acceptors (Lipinski definition) is 7. The minimum Gasteiger partial charge on any atom is -0.496 e. The van der Waals surface area contributed by atoms with Crippen LogP contribution in [0.1, 0.15) is 11.1 Å². The van der Waals surface area contributed by atoms with Crippen molar-refractivity contribution in [3.8, 4) is 28.6 Å². The molecule has 7 nitrogen and oxygen atoms in total. The molecule has 4 rings (SSSR count). The number of rotatable bonds is 5. The Kier molecular flexibility index (Phi) is 4.94. The first kappa shape index (κ1) is 18.9. The minimum atomic E-state index is -0.229. The maximum atomic E-state index is 12.9. The van der Waals surface area contributed by atoms with Crippen LogP contribution in [0.2, 0.25) is 0 Å². The van der Waals surface area contributed by atoms with Crippen LogP contribution in [0.4, 0.5) is 0 Å². The molecule has 4 aromatic rings. The Morgan fingerprint density at radius 2 is 1.62 bits per heavy atom. The van der Waals surface area contributed by atoms with Crippen molar-refractivity contribution in [1.82, 2.24) is 14.6 Å². The second kappa shape index (κ2) is 7.56. The molecule has 0 aliphatic heterocycles. The van der Waals surface area contributed by atoms with Crippen LogP contribution in [0.3, 0.4) is 0 Å². The molecule has 29 heavy (non-hydrogen) atoms. The summed E-state index contributed by atoms with van der Waals surface area (Å²) in [7, 11) is 4.68. The van der Waals surface area contributed by atoms with E-state index >= 15 is 0 Å². The number of methoxy groups -OCH3 is 3. The molecule has 0 saturated carbocycles. The van der Waals surface area contributed by atoms with Crippen LogP contribution < -0.4 is 24.3 Å². The third kappa shape index (κ3) is 3.42. The zero-order chi connectivity index (χ0) is 20.5. The maximum absolute atomic E-state index is 12.9. The summed E-state index contributed by atoms with van der Waals surface area (Å²) in [6.07, 6.45) is 1.75. The molecule has 148 valence electrons. The Hall–Kier alpha value is -3.39. The fraction of sp³-hybridized carbons (Fsp3) is 0.190. The van der Waals surface area contributed by atoms with Gasteiger partial charge in [-0.1, -0.05) is 41.2 Å². The van der Waals surface area contributed by atoms with E-state index in [1.165, 1.54) is 15.9 Å². The van der Waals surface area contributed by atoms with E-state index in [-0.39, 0.29) is 5.56 Å². The van der Waals surface area contributed by atoms with Crippen molar-refractivity contribution in [3.63, 3.8) is 0 Å². The predicted molar refractivity (Wildman–Crippen MR) is 112 cm³/mol. The van der Waals surface area contributed by atoms with E-state index in [0.29, 0.717) is 38.1 Å². The molecule has 2 aromatic heterocycles. The van der Waals surface area contributed by atoms with Gasteiger partial charge in [0.25, 0.3) is 5.56 Å².